The maximum Gasteiger partial charge on any atom is 3.00 e. The molecule has 0 amide bonds. The number of hydrogen-bond acceptors (Lipinski definition) is 0. The van der Waals surface area contributed by atoms with E-state index in [0.717, 1.165) is 0 Å². The minimum absolute atomic E-state index is 0. The largest absolute Gasteiger partial charge is 3.00 e. The zero-order chi connectivity index (χ0) is 7.11. The summed E-state index contributed by atoms with van der Waals surface area (Å²) < 4.78 is 0. The molecule has 0 atom stereocenters. The first kappa shape index (κ1) is 29.2. The third kappa shape index (κ3) is 43.4. The Labute approximate surface area is 120 Å². The van der Waals surface area contributed by atoms with Gasteiger partial charge >= 0.3 is 26.2 Å². The van der Waals surface area contributed by atoms with Crippen molar-refractivity contribution in [1.29, 1.82) is 0 Å². The van der Waals surface area contributed by atoms with Crippen LogP contribution in [0.3, 0.4) is 0 Å². The van der Waals surface area contributed by atoms with Gasteiger partial charge in [-0.05, 0) is 0 Å². The van der Waals surface area contributed by atoms with E-state index in [1.54, 1.807) is 0 Å². The number of rotatable bonds is 0. The Morgan fingerprint density at radius 1 is 1.00 bits per heavy atom. The van der Waals surface area contributed by atoms with E-state index in [4.69, 9.17) is 0 Å². The van der Waals surface area contributed by atoms with Crippen LogP contribution in [0.2, 0.25) is 0 Å². The summed E-state index contributed by atoms with van der Waals surface area (Å²) in [6.07, 6.45) is 0. The van der Waals surface area contributed by atoms with Crippen LogP contribution in [0, 0.1) is 12.8 Å². The maximum absolute atomic E-state index is 3.64. The van der Waals surface area contributed by atoms with Crippen molar-refractivity contribution in [3.05, 3.63) is 37.3 Å². The molecular weight excluding hydrogens is 306 g/mol. The molecule has 0 aromatic heterocycles. The molecule has 0 heterocycles. The van der Waals surface area contributed by atoms with Gasteiger partial charge in [0.1, 0.15) is 0 Å². The van der Waals surface area contributed by atoms with Crippen molar-refractivity contribution in [2.75, 3.05) is 0 Å². The van der Waals surface area contributed by atoms with E-state index in [2.05, 4.69) is 20.8 Å². The van der Waals surface area contributed by atoms with Crippen molar-refractivity contribution in [1.82, 2.24) is 0 Å². The molecule has 0 aliphatic heterocycles. The molecule has 13 heavy (non-hydrogen) atoms. The fourth-order valence-electron chi connectivity index (χ4n) is 0.321. The van der Waals surface area contributed by atoms with Crippen molar-refractivity contribution in [3.63, 3.8) is 0 Å². The van der Waals surface area contributed by atoms with Gasteiger partial charge in [0.2, 0.25) is 0 Å². The van der Waals surface area contributed by atoms with Gasteiger partial charge < -0.3 is 44.1 Å². The van der Waals surface area contributed by atoms with Crippen LogP contribution in [0.4, 0.5) is 0 Å². The van der Waals surface area contributed by atoms with Crippen molar-refractivity contribution in [2.24, 2.45) is 5.92 Å². The molecule has 0 spiro atoms. The SMILES string of the molecule is [CH2-]C(C)C.[Cl-].[Cl-].[Cl-].[Zr+3].c1cc[cH-]c1. The second-order valence-electron chi connectivity index (χ2n) is 2.36. The molecule has 4 heteroatoms. The van der Waals surface area contributed by atoms with E-state index >= 15 is 0 Å². The number of halogens is 3. The standard InChI is InChI=1S/C5H5.C4H9.3ClH.Zr/c1-2-4-5-3-1;1-4(2)3;;;;/h1-5H;4H,1H2,2-3H3;3*1H;/q2*-1;;;;+3/p-3. The molecule has 1 rings (SSSR count). The minimum atomic E-state index is 0. The van der Waals surface area contributed by atoms with Crippen LogP contribution in [0.5, 0.6) is 0 Å². The van der Waals surface area contributed by atoms with Gasteiger partial charge in [0.15, 0.2) is 0 Å². The van der Waals surface area contributed by atoms with Crippen LogP contribution in [0.15, 0.2) is 30.3 Å². The van der Waals surface area contributed by atoms with Crippen LogP contribution in [-0.2, 0) is 26.2 Å². The predicted molar refractivity (Wildman–Crippen MR) is 42.2 cm³/mol. The van der Waals surface area contributed by atoms with Crippen LogP contribution in [-0.4, -0.2) is 0 Å². The molecule has 0 N–H and O–H groups in total. The van der Waals surface area contributed by atoms with Crippen LogP contribution in [0.25, 0.3) is 0 Å². The fraction of sp³-hybridized carbons (Fsp3) is 0.333. The molecule has 0 bridgehead atoms. The summed E-state index contributed by atoms with van der Waals surface area (Å²) in [5.74, 6) is 0.583. The molecule has 0 saturated carbocycles. The monoisotopic (exact) mass is 317 g/mol. The first-order valence-electron chi connectivity index (χ1n) is 3.23. The van der Waals surface area contributed by atoms with Crippen LogP contribution in [0.1, 0.15) is 13.8 Å². The average Bonchev–Trinajstić information content (AvgIpc) is 2.11. The molecule has 0 aliphatic rings. The maximum atomic E-state index is 3.64. The van der Waals surface area contributed by atoms with E-state index < -0.39 is 0 Å². The van der Waals surface area contributed by atoms with Gasteiger partial charge in [-0.2, -0.15) is 24.1 Å². The summed E-state index contributed by atoms with van der Waals surface area (Å²) in [6, 6.07) is 10.0. The second kappa shape index (κ2) is 23.2. The van der Waals surface area contributed by atoms with Gasteiger partial charge in [0, 0.05) is 0 Å². The Morgan fingerprint density at radius 3 is 1.31 bits per heavy atom. The molecule has 1 radical (unpaired) electrons. The van der Waals surface area contributed by atoms with Crippen molar-refractivity contribution in [3.8, 4) is 0 Å². The van der Waals surface area contributed by atoms with Crippen LogP contribution < -0.4 is 37.2 Å². The van der Waals surface area contributed by atoms with E-state index in [0.29, 0.717) is 5.92 Å². The van der Waals surface area contributed by atoms with Crippen molar-refractivity contribution in [2.45, 2.75) is 13.8 Å². The zero-order valence-corrected chi connectivity index (χ0v) is 12.5. The molecule has 0 unspecified atom stereocenters. The van der Waals surface area contributed by atoms with Gasteiger partial charge in [-0.15, -0.1) is 0 Å². The smallest absolute Gasteiger partial charge is 1.00 e. The molecule has 0 fully saturated rings. The second-order valence-corrected chi connectivity index (χ2v) is 2.36. The van der Waals surface area contributed by atoms with E-state index in [9.17, 15) is 0 Å². The first-order chi connectivity index (χ1) is 4.23. The minimum Gasteiger partial charge on any atom is -1.00 e. The van der Waals surface area contributed by atoms with Gasteiger partial charge in [0.05, 0.1) is 0 Å². The molecule has 77 valence electrons. The summed E-state index contributed by atoms with van der Waals surface area (Å²) in [5, 5.41) is 0. The van der Waals surface area contributed by atoms with Crippen molar-refractivity contribution < 1.29 is 63.4 Å². The Kier molecular flexibility index (Phi) is 52.1. The van der Waals surface area contributed by atoms with Gasteiger partial charge in [-0.25, -0.2) is 12.1 Å². The normalized spacial score (nSPS) is 5.85. The Morgan fingerprint density at radius 2 is 1.23 bits per heavy atom. The summed E-state index contributed by atoms with van der Waals surface area (Å²) in [4.78, 5) is 0. The third-order valence-electron chi connectivity index (χ3n) is 0.556. The van der Waals surface area contributed by atoms with Crippen LogP contribution >= 0.6 is 0 Å². The average molecular weight is 320 g/mol. The number of hydrogen-bond donors (Lipinski definition) is 0. The van der Waals surface area contributed by atoms with Crippen molar-refractivity contribution >= 4 is 0 Å². The Balaban J connectivity index is -0.0000000256. The van der Waals surface area contributed by atoms with Gasteiger partial charge in [0.25, 0.3) is 0 Å². The molecule has 0 saturated heterocycles. The molecule has 0 aliphatic carbocycles. The summed E-state index contributed by atoms with van der Waals surface area (Å²) >= 11 is 0. The molecule has 0 nitrogen and oxygen atoms in total. The van der Waals surface area contributed by atoms with Gasteiger partial charge in [-0.1, -0.05) is 13.8 Å². The predicted octanol–water partition coefficient (Wildman–Crippen LogP) is -6.11. The molecular formula is C9H14Cl3Zr-2. The molecule has 1 aromatic rings. The van der Waals surface area contributed by atoms with Gasteiger partial charge in [-0.3, -0.25) is 0 Å². The van der Waals surface area contributed by atoms with E-state index in [1.807, 2.05) is 30.3 Å². The fourth-order valence-corrected chi connectivity index (χ4v) is 0.321. The van der Waals surface area contributed by atoms with E-state index in [-0.39, 0.29) is 63.4 Å². The first-order valence-corrected chi connectivity index (χ1v) is 3.23. The third-order valence-corrected chi connectivity index (χ3v) is 0.556. The quantitative estimate of drug-likeness (QED) is 0.418. The van der Waals surface area contributed by atoms with E-state index in [1.165, 1.54) is 0 Å². The Bertz CT molecular complexity index is 98.4. The Hall–Kier alpha value is 1.10. The summed E-state index contributed by atoms with van der Waals surface area (Å²) in [7, 11) is 0. The summed E-state index contributed by atoms with van der Waals surface area (Å²) in [6.45, 7) is 7.75. The summed E-state index contributed by atoms with van der Waals surface area (Å²) in [5.41, 5.74) is 0. The molecule has 1 aromatic carbocycles. The topological polar surface area (TPSA) is 0 Å². The zero-order valence-electron chi connectivity index (χ0n) is 7.81.